The third kappa shape index (κ3) is 8.38. The van der Waals surface area contributed by atoms with Crippen molar-refractivity contribution in [3.8, 4) is 5.75 Å². The van der Waals surface area contributed by atoms with Gasteiger partial charge in [0.2, 0.25) is 11.8 Å². The number of fused-ring (bicyclic) bond motifs is 3. The number of carbonyl (C=O) groups excluding carboxylic acids is 2. The van der Waals surface area contributed by atoms with Crippen LogP contribution in [-0.2, 0) is 18.7 Å². The fourth-order valence-corrected chi connectivity index (χ4v) is 14.6. The number of phenolic OH excluding ortho intramolecular Hbond substituents is 1. The molecule has 8 rings (SSSR count). The van der Waals surface area contributed by atoms with Crippen LogP contribution in [0.3, 0.4) is 0 Å². The lowest BCUT2D eigenvalue weighted by Crippen LogP contribution is -2.66. The van der Waals surface area contributed by atoms with Gasteiger partial charge in [-0.25, -0.2) is 0 Å². The van der Waals surface area contributed by atoms with Crippen molar-refractivity contribution in [2.24, 2.45) is 17.8 Å². The Labute approximate surface area is 368 Å². The largest absolute Gasteiger partial charge is 0.508 e. The number of halogens is 1. The van der Waals surface area contributed by atoms with E-state index in [0.29, 0.717) is 23.4 Å². The molecular weight excluding hydrogens is 818 g/mol. The number of phenols is 1. The smallest absolute Gasteiger partial charge is 0.488 e. The number of carbonyl (C=O) groups is 2. The molecule has 0 spiro atoms. The summed E-state index contributed by atoms with van der Waals surface area (Å²) in [6.07, 6.45) is 4.16. The molecular formula is C48H49B2ClN2O8Si. The molecule has 3 heterocycles. The van der Waals surface area contributed by atoms with Crippen LogP contribution >= 0.6 is 11.6 Å². The van der Waals surface area contributed by atoms with E-state index in [1.807, 2.05) is 60.7 Å². The highest BCUT2D eigenvalue weighted by Gasteiger charge is 2.58. The number of benzene rings is 4. The van der Waals surface area contributed by atoms with Crippen LogP contribution in [-0.4, -0.2) is 72.2 Å². The average Bonchev–Trinajstić information content (AvgIpc) is 3.51. The number of amides is 2. The summed E-state index contributed by atoms with van der Waals surface area (Å²) in [6.45, 7) is 6.79. The fourth-order valence-electron chi connectivity index (χ4n) is 9.87. The third-order valence-electron chi connectivity index (χ3n) is 12.6. The van der Waals surface area contributed by atoms with Crippen molar-refractivity contribution in [3.05, 3.63) is 155 Å². The number of anilines is 1. The molecule has 0 radical (unpaired) electrons. The molecule has 316 valence electrons. The van der Waals surface area contributed by atoms with Gasteiger partial charge in [-0.3, -0.25) is 19.5 Å². The van der Waals surface area contributed by atoms with Crippen LogP contribution in [0.15, 0.2) is 139 Å². The summed E-state index contributed by atoms with van der Waals surface area (Å²) in [5, 5.41) is 43.8. The minimum Gasteiger partial charge on any atom is -0.508 e. The van der Waals surface area contributed by atoms with E-state index in [2.05, 4.69) is 50.0 Å². The third-order valence-corrected chi connectivity index (χ3v) is 17.9. The highest BCUT2D eigenvalue weighted by Crippen LogP contribution is 2.52. The fraction of sp³-hybridized carbons (Fsp3) is 0.271. The number of allylic oxidation sites excluding steroid dienone is 1. The standard InChI is InChI=1S/C48H49B2ClN2O8Si/c1-48(2,3)62(37-15-6-4-7-16-37,38-17-8-5-9-18-38)60-30-33-26-39-45(47(56)53(46(39)55)35-14-12-13-34(27-35)50(58)59)40-29-49(57)61-43(44(33)40)23-21-32(42-19-10-11-24-52-42)25-31-20-22-36(54)28-41(31)51/h4-20,22,24-25,27-28,39-40,43,45,54,57-59H,21,23,26,29-30H2,1-3H3/b32-25-/t39-,40+,43-,45-/m1/s1. The van der Waals surface area contributed by atoms with E-state index < -0.39 is 52.3 Å². The van der Waals surface area contributed by atoms with Gasteiger partial charge in [-0.05, 0) is 123 Å². The Hall–Kier alpha value is -5.11. The van der Waals surface area contributed by atoms with Gasteiger partial charge in [0.15, 0.2) is 0 Å². The van der Waals surface area contributed by atoms with E-state index in [0.717, 1.165) is 32.8 Å². The first-order valence-electron chi connectivity index (χ1n) is 21.0. The predicted molar refractivity (Wildman–Crippen MR) is 247 cm³/mol. The molecule has 4 N–H and O–H groups in total. The van der Waals surface area contributed by atoms with Crippen molar-refractivity contribution in [2.45, 2.75) is 57.5 Å². The molecule has 2 fully saturated rings. The molecule has 62 heavy (non-hydrogen) atoms. The van der Waals surface area contributed by atoms with Crippen LogP contribution in [0.4, 0.5) is 5.69 Å². The van der Waals surface area contributed by atoms with Crippen LogP contribution in [0, 0.1) is 17.8 Å². The van der Waals surface area contributed by atoms with Gasteiger partial charge >= 0.3 is 14.2 Å². The lowest BCUT2D eigenvalue weighted by Gasteiger charge is -2.46. The quantitative estimate of drug-likeness (QED) is 0.0672. The summed E-state index contributed by atoms with van der Waals surface area (Å²) >= 11 is 6.60. The molecule has 2 saturated heterocycles. The minimum absolute atomic E-state index is 0.0507. The molecule has 0 unspecified atom stereocenters. The van der Waals surface area contributed by atoms with E-state index in [1.165, 1.54) is 23.1 Å². The number of nitrogens with zero attached hydrogens (tertiary/aromatic N) is 2. The number of hydrogen-bond donors (Lipinski definition) is 4. The van der Waals surface area contributed by atoms with Gasteiger partial charge in [0.1, 0.15) is 5.75 Å². The summed E-state index contributed by atoms with van der Waals surface area (Å²) in [4.78, 5) is 35.1. The number of pyridine rings is 1. The number of aromatic hydroxyl groups is 1. The zero-order valence-electron chi connectivity index (χ0n) is 34.9. The summed E-state index contributed by atoms with van der Waals surface area (Å²) in [5.74, 6) is -2.82. The first-order chi connectivity index (χ1) is 29.8. The molecule has 4 aromatic carbocycles. The Balaban J connectivity index is 1.23. The van der Waals surface area contributed by atoms with Crippen molar-refractivity contribution in [1.82, 2.24) is 4.98 Å². The first-order valence-corrected chi connectivity index (χ1v) is 23.3. The molecule has 2 aliphatic heterocycles. The minimum atomic E-state index is -3.09. The van der Waals surface area contributed by atoms with Crippen LogP contribution in [0.5, 0.6) is 5.75 Å². The van der Waals surface area contributed by atoms with Crippen LogP contribution in [0.2, 0.25) is 16.4 Å². The van der Waals surface area contributed by atoms with Gasteiger partial charge in [-0.1, -0.05) is 111 Å². The lowest BCUT2D eigenvalue weighted by atomic mass is 9.58. The number of rotatable bonds is 12. The van der Waals surface area contributed by atoms with Gasteiger partial charge in [0.05, 0.1) is 41.0 Å². The maximum atomic E-state index is 14.7. The van der Waals surface area contributed by atoms with Crippen LogP contribution < -0.4 is 20.7 Å². The van der Waals surface area contributed by atoms with Gasteiger partial charge in [0.25, 0.3) is 8.32 Å². The Morgan fingerprint density at radius 1 is 0.919 bits per heavy atom. The van der Waals surface area contributed by atoms with Gasteiger partial charge < -0.3 is 29.3 Å². The van der Waals surface area contributed by atoms with Gasteiger partial charge in [-0.15, -0.1) is 0 Å². The van der Waals surface area contributed by atoms with E-state index in [9.17, 15) is 29.8 Å². The maximum absolute atomic E-state index is 14.7. The molecule has 5 aromatic rings. The van der Waals surface area contributed by atoms with Crippen molar-refractivity contribution >= 4 is 79.1 Å². The molecule has 4 atom stereocenters. The molecule has 1 aliphatic carbocycles. The van der Waals surface area contributed by atoms with E-state index in [-0.39, 0.29) is 47.2 Å². The number of aromatic nitrogens is 1. The number of hydrogen-bond acceptors (Lipinski definition) is 9. The van der Waals surface area contributed by atoms with Gasteiger partial charge in [-0.2, -0.15) is 0 Å². The highest BCUT2D eigenvalue weighted by molar-refractivity contribution is 6.99. The van der Waals surface area contributed by atoms with Gasteiger partial charge in [0, 0.05) is 6.20 Å². The van der Waals surface area contributed by atoms with Crippen molar-refractivity contribution in [3.63, 3.8) is 0 Å². The Morgan fingerprint density at radius 2 is 1.61 bits per heavy atom. The van der Waals surface area contributed by atoms with E-state index in [4.69, 9.17) is 20.7 Å². The zero-order valence-corrected chi connectivity index (χ0v) is 36.7. The number of imide groups is 1. The zero-order chi connectivity index (χ0) is 43.8. The topological polar surface area (TPSA) is 150 Å². The van der Waals surface area contributed by atoms with E-state index in [1.54, 1.807) is 30.5 Å². The van der Waals surface area contributed by atoms with Crippen molar-refractivity contribution in [2.75, 3.05) is 11.5 Å². The van der Waals surface area contributed by atoms with Crippen molar-refractivity contribution in [1.29, 1.82) is 0 Å². The lowest BCUT2D eigenvalue weighted by molar-refractivity contribution is -0.122. The molecule has 0 bridgehead atoms. The van der Waals surface area contributed by atoms with E-state index >= 15 is 0 Å². The summed E-state index contributed by atoms with van der Waals surface area (Å²) in [6, 6.07) is 37.3. The SMILES string of the molecule is CC(C)(C)[Si](OCC1=C2[C@@H](CC/C(=C/c3ccc(O)cc3Cl)c3ccccn3)OB(O)C[C@@H]2[C@@H]2C(=O)N(c3cccc(B(O)O)c3)C(=O)[C@@H]2C1)(c1ccccc1)c1ccccc1. The molecule has 2 amide bonds. The average molecular weight is 867 g/mol. The Bertz CT molecular complexity index is 2460. The Morgan fingerprint density at radius 3 is 2.24 bits per heavy atom. The second-order valence-electron chi connectivity index (χ2n) is 17.4. The van der Waals surface area contributed by atoms with Crippen LogP contribution in [0.1, 0.15) is 51.3 Å². The highest BCUT2D eigenvalue weighted by atomic mass is 35.5. The summed E-state index contributed by atoms with van der Waals surface area (Å²) in [5.41, 5.74) is 4.41. The second kappa shape index (κ2) is 17.9. The predicted octanol–water partition coefficient (Wildman–Crippen LogP) is 6.02. The van der Waals surface area contributed by atoms with Crippen molar-refractivity contribution < 1.29 is 38.8 Å². The molecule has 0 saturated carbocycles. The molecule has 1 aromatic heterocycles. The normalized spacial score (nSPS) is 20.7. The summed E-state index contributed by atoms with van der Waals surface area (Å²) < 4.78 is 14.0. The second-order valence-corrected chi connectivity index (χ2v) is 22.1. The molecule has 10 nitrogen and oxygen atoms in total. The first kappa shape index (κ1) is 43.5. The molecule has 3 aliphatic rings. The monoisotopic (exact) mass is 866 g/mol. The molecule has 14 heteroatoms. The van der Waals surface area contributed by atoms with Crippen LogP contribution in [0.25, 0.3) is 11.6 Å². The summed E-state index contributed by atoms with van der Waals surface area (Å²) in [7, 11) is -6.09. The Kier molecular flexibility index (Phi) is 12.6. The maximum Gasteiger partial charge on any atom is 0.488 e.